The van der Waals surface area contributed by atoms with Crippen LogP contribution in [0.5, 0.6) is 5.75 Å². The topological polar surface area (TPSA) is 114 Å². The van der Waals surface area contributed by atoms with Crippen molar-refractivity contribution in [1.29, 1.82) is 5.26 Å². The van der Waals surface area contributed by atoms with E-state index in [0.29, 0.717) is 29.9 Å². The molecule has 2 aromatic rings. The Morgan fingerprint density at radius 3 is 2.88 bits per heavy atom. The fraction of sp³-hybridized carbons (Fsp3) is 0.417. The number of nitriles is 1. The molecule has 1 aromatic heterocycles. The normalized spacial score (nSPS) is 28.5. The van der Waals surface area contributed by atoms with Crippen molar-refractivity contribution in [2.45, 2.75) is 43.9 Å². The van der Waals surface area contributed by atoms with Gasteiger partial charge in [-0.05, 0) is 49.9 Å². The average Bonchev–Trinajstić information content (AvgIpc) is 3.04. The summed E-state index contributed by atoms with van der Waals surface area (Å²) in [7, 11) is 1.66. The molecule has 8 heteroatoms. The third-order valence-corrected chi connectivity index (χ3v) is 6.81. The zero-order chi connectivity index (χ0) is 22.5. The van der Waals surface area contributed by atoms with E-state index >= 15 is 0 Å². The van der Waals surface area contributed by atoms with Crippen LogP contribution in [0.25, 0.3) is 11.1 Å². The second-order valence-corrected chi connectivity index (χ2v) is 8.54. The van der Waals surface area contributed by atoms with Gasteiger partial charge in [0, 0.05) is 43.1 Å². The number of ether oxygens (including phenoxy) is 2. The van der Waals surface area contributed by atoms with Crippen LogP contribution < -0.4 is 10.5 Å². The summed E-state index contributed by atoms with van der Waals surface area (Å²) in [5.41, 5.74) is 7.82. The van der Waals surface area contributed by atoms with Gasteiger partial charge in [0.25, 0.3) is 5.91 Å². The minimum Gasteiger partial charge on any atom is -0.490 e. The molecule has 3 aliphatic rings. The molecule has 164 valence electrons. The molecule has 1 unspecified atom stereocenters. The van der Waals surface area contributed by atoms with Gasteiger partial charge in [-0.2, -0.15) is 5.26 Å². The maximum absolute atomic E-state index is 13.7. The van der Waals surface area contributed by atoms with Crippen LogP contribution in [0.2, 0.25) is 0 Å². The summed E-state index contributed by atoms with van der Waals surface area (Å²) in [6, 6.07) is 9.64. The number of pyridine rings is 1. The monoisotopic (exact) mass is 431 g/mol. The molecule has 8 nitrogen and oxygen atoms in total. The van der Waals surface area contributed by atoms with Crippen molar-refractivity contribution in [1.82, 2.24) is 9.88 Å². The largest absolute Gasteiger partial charge is 0.490 e. The number of carbonyl (C=O) groups is 1. The van der Waals surface area contributed by atoms with E-state index in [4.69, 9.17) is 20.2 Å². The number of fused-ring (bicyclic) bond motifs is 4. The summed E-state index contributed by atoms with van der Waals surface area (Å²) in [6.07, 6.45) is 5.48. The number of nitrogens with two attached hydrogens (primary N) is 1. The highest BCUT2D eigenvalue weighted by Gasteiger charge is 2.61. The van der Waals surface area contributed by atoms with E-state index in [9.17, 15) is 10.1 Å². The maximum Gasteiger partial charge on any atom is 0.262 e. The molecule has 32 heavy (non-hydrogen) atoms. The second kappa shape index (κ2) is 7.61. The fourth-order valence-electron chi connectivity index (χ4n) is 5.28. The van der Waals surface area contributed by atoms with Crippen LogP contribution in [0.1, 0.15) is 37.3 Å². The number of hydrogen-bond donors (Lipinski definition) is 1. The van der Waals surface area contributed by atoms with Crippen LogP contribution in [0.4, 0.5) is 0 Å². The number of rotatable bonds is 3. The SMILES string of the molecule is CCO[C@H]1CCC2Oc3ccc(-c4cncc(C#N)c4)cc3[C@]3(N=C(N)N(C)C3=O)[C@H]2C1. The second-order valence-electron chi connectivity index (χ2n) is 8.54. The molecule has 2 N–H and O–H groups in total. The Bertz CT molecular complexity index is 1160. The van der Waals surface area contributed by atoms with Gasteiger partial charge >= 0.3 is 0 Å². The first kappa shape index (κ1) is 20.5. The number of guanidine groups is 1. The first-order chi connectivity index (χ1) is 15.5. The molecule has 5 rings (SSSR count). The van der Waals surface area contributed by atoms with Gasteiger partial charge in [-0.15, -0.1) is 0 Å². The molecular weight excluding hydrogens is 406 g/mol. The molecule has 2 aliphatic heterocycles. The predicted molar refractivity (Wildman–Crippen MR) is 118 cm³/mol. The highest BCUT2D eigenvalue weighted by atomic mass is 16.5. The van der Waals surface area contributed by atoms with E-state index in [1.54, 1.807) is 19.3 Å². The van der Waals surface area contributed by atoms with Gasteiger partial charge in [0.2, 0.25) is 0 Å². The number of amides is 1. The van der Waals surface area contributed by atoms with E-state index in [1.807, 2.05) is 25.1 Å². The van der Waals surface area contributed by atoms with Crippen LogP contribution in [0.15, 0.2) is 41.7 Å². The lowest BCUT2D eigenvalue weighted by Crippen LogP contribution is -2.55. The highest BCUT2D eigenvalue weighted by Crippen LogP contribution is 2.54. The van der Waals surface area contributed by atoms with E-state index < -0.39 is 5.54 Å². The number of nitrogens with zero attached hydrogens (tertiary/aromatic N) is 4. The first-order valence-electron chi connectivity index (χ1n) is 10.9. The molecule has 4 atom stereocenters. The molecule has 3 heterocycles. The van der Waals surface area contributed by atoms with Crippen molar-refractivity contribution in [3.63, 3.8) is 0 Å². The predicted octanol–water partition coefficient (Wildman–Crippen LogP) is 2.57. The van der Waals surface area contributed by atoms with Crippen LogP contribution >= 0.6 is 0 Å². The molecule has 1 aromatic carbocycles. The van der Waals surface area contributed by atoms with Crippen LogP contribution in [-0.2, 0) is 15.1 Å². The van der Waals surface area contributed by atoms with Gasteiger partial charge in [0.15, 0.2) is 11.5 Å². The van der Waals surface area contributed by atoms with Crippen molar-refractivity contribution < 1.29 is 14.3 Å². The zero-order valence-corrected chi connectivity index (χ0v) is 18.1. The molecule has 1 amide bonds. The van der Waals surface area contributed by atoms with Crippen molar-refractivity contribution >= 4 is 11.9 Å². The summed E-state index contributed by atoms with van der Waals surface area (Å²) >= 11 is 0. The first-order valence-corrected chi connectivity index (χ1v) is 10.9. The van der Waals surface area contributed by atoms with Gasteiger partial charge in [0.05, 0.1) is 11.7 Å². The summed E-state index contributed by atoms with van der Waals surface area (Å²) in [5.74, 6) is 0.524. The Balaban J connectivity index is 1.67. The fourth-order valence-corrected chi connectivity index (χ4v) is 5.28. The lowest BCUT2D eigenvalue weighted by atomic mass is 9.66. The van der Waals surface area contributed by atoms with E-state index in [1.165, 1.54) is 11.1 Å². The third-order valence-electron chi connectivity index (χ3n) is 6.81. The Morgan fingerprint density at radius 2 is 2.16 bits per heavy atom. The molecule has 1 saturated carbocycles. The molecule has 1 spiro atoms. The number of aromatic nitrogens is 1. The number of benzene rings is 1. The summed E-state index contributed by atoms with van der Waals surface area (Å²) in [6.45, 7) is 2.60. The Kier molecular flexibility index (Phi) is 4.86. The lowest BCUT2D eigenvalue weighted by Gasteiger charge is -2.47. The van der Waals surface area contributed by atoms with Crippen molar-refractivity contribution in [2.24, 2.45) is 16.6 Å². The molecule has 0 bridgehead atoms. The number of likely N-dealkylation sites (N-methyl/N-ethyl adjacent to an activating group) is 1. The van der Waals surface area contributed by atoms with E-state index in [-0.39, 0.29) is 30.0 Å². The summed E-state index contributed by atoms with van der Waals surface area (Å²) in [4.78, 5) is 24.1. The van der Waals surface area contributed by atoms with Gasteiger partial charge in [-0.1, -0.05) is 6.07 Å². The Hall–Kier alpha value is -3.44. The number of carbonyl (C=O) groups excluding carboxylic acids is 1. The minimum atomic E-state index is -1.15. The third kappa shape index (κ3) is 2.96. The van der Waals surface area contributed by atoms with Gasteiger partial charge in [0.1, 0.15) is 17.9 Å². The van der Waals surface area contributed by atoms with Crippen molar-refractivity contribution in [3.8, 4) is 22.9 Å². The van der Waals surface area contributed by atoms with Gasteiger partial charge in [-0.3, -0.25) is 14.7 Å². The smallest absolute Gasteiger partial charge is 0.262 e. The van der Waals surface area contributed by atoms with E-state index in [0.717, 1.165) is 24.0 Å². The number of hydrogen-bond acceptors (Lipinski definition) is 7. The van der Waals surface area contributed by atoms with Gasteiger partial charge < -0.3 is 15.2 Å². The zero-order valence-electron chi connectivity index (χ0n) is 18.1. The van der Waals surface area contributed by atoms with Crippen molar-refractivity contribution in [2.75, 3.05) is 13.7 Å². The highest BCUT2D eigenvalue weighted by molar-refractivity contribution is 6.07. The summed E-state index contributed by atoms with van der Waals surface area (Å²) < 4.78 is 12.3. The molecule has 1 aliphatic carbocycles. The van der Waals surface area contributed by atoms with Crippen molar-refractivity contribution in [3.05, 3.63) is 47.8 Å². The molecule has 1 fully saturated rings. The summed E-state index contributed by atoms with van der Waals surface area (Å²) in [5, 5.41) is 9.26. The maximum atomic E-state index is 13.7. The average molecular weight is 431 g/mol. The van der Waals surface area contributed by atoms with Crippen LogP contribution in [0, 0.1) is 17.2 Å². The lowest BCUT2D eigenvalue weighted by molar-refractivity contribution is -0.139. The molecular formula is C24H25N5O3. The molecule has 0 saturated heterocycles. The Morgan fingerprint density at radius 1 is 1.31 bits per heavy atom. The van der Waals surface area contributed by atoms with E-state index in [2.05, 4.69) is 11.1 Å². The van der Waals surface area contributed by atoms with Crippen LogP contribution in [-0.4, -0.2) is 47.6 Å². The standard InChI is InChI=1S/C24H25N5O3/c1-3-31-17-5-7-21-19(10-17)24(22(30)29(2)23(26)28-24)18-9-15(4-6-20(18)32-21)16-8-14(11-25)12-27-13-16/h4,6,8-9,12-13,17,19,21H,3,5,7,10H2,1-2H3,(H2,26,28)/t17-,19-,21?,24-/m0/s1. The minimum absolute atomic E-state index is 0.0538. The van der Waals surface area contributed by atoms with Gasteiger partial charge in [-0.25, -0.2) is 4.99 Å². The quantitative estimate of drug-likeness (QED) is 0.799. The Labute approximate surface area is 186 Å². The van der Waals surface area contributed by atoms with Crippen LogP contribution in [0.3, 0.4) is 0 Å². The number of aliphatic imine (C=N–C) groups is 1. The molecule has 0 radical (unpaired) electrons.